The third-order valence-electron chi connectivity index (χ3n) is 8.53. The summed E-state index contributed by atoms with van der Waals surface area (Å²) in [4.78, 5) is 18.3. The van der Waals surface area contributed by atoms with Gasteiger partial charge in [0.1, 0.15) is 0 Å². The number of piperidine rings is 1. The fourth-order valence-corrected chi connectivity index (χ4v) is 6.44. The number of nitrogens with one attached hydrogen (secondary N) is 1. The van der Waals surface area contributed by atoms with Crippen molar-refractivity contribution in [3.8, 4) is 0 Å². The van der Waals surface area contributed by atoms with E-state index < -0.39 is 0 Å². The Labute approximate surface area is 216 Å². The highest BCUT2D eigenvalue weighted by atomic mass is 16.2. The number of hydrogen-bond acceptors (Lipinski definition) is 4. The van der Waals surface area contributed by atoms with Gasteiger partial charge >= 0.3 is 0 Å². The van der Waals surface area contributed by atoms with Crippen LogP contribution in [-0.4, -0.2) is 28.8 Å². The summed E-state index contributed by atoms with van der Waals surface area (Å²) in [6, 6.07) is 10.8. The van der Waals surface area contributed by atoms with Gasteiger partial charge in [-0.3, -0.25) is 15.5 Å². The standard InChI is InChI=1S/C31H42N4O/c1-22(15-24-9-5-3-6-10-24)28-18-29(23(2)16-30(28)33-32)31(36)35-20-26-12-11-25(17-27(26)21-35)19-34-13-7-4-8-14-34/h11-12,16-18,24,33H,1,3-10,13-15,19-21,32H2,2H3. The lowest BCUT2D eigenvalue weighted by molar-refractivity contribution is 0.0750. The molecule has 0 atom stereocenters. The van der Waals surface area contributed by atoms with Crippen molar-refractivity contribution < 1.29 is 4.79 Å². The number of allylic oxidation sites excluding steroid dienone is 1. The molecule has 0 radical (unpaired) electrons. The lowest BCUT2D eigenvalue weighted by Crippen LogP contribution is -2.29. The van der Waals surface area contributed by atoms with Crippen LogP contribution in [0.5, 0.6) is 0 Å². The van der Waals surface area contributed by atoms with E-state index in [0.29, 0.717) is 19.0 Å². The molecular weight excluding hydrogens is 444 g/mol. The molecule has 192 valence electrons. The van der Waals surface area contributed by atoms with Gasteiger partial charge in [0, 0.05) is 30.8 Å². The van der Waals surface area contributed by atoms with Crippen LogP contribution in [-0.2, 0) is 19.6 Å². The van der Waals surface area contributed by atoms with Crippen molar-refractivity contribution in [1.82, 2.24) is 9.80 Å². The van der Waals surface area contributed by atoms with E-state index in [1.807, 2.05) is 24.0 Å². The molecule has 2 fully saturated rings. The summed E-state index contributed by atoms with van der Waals surface area (Å²) in [5.74, 6) is 6.67. The largest absolute Gasteiger partial charge is 0.330 e. The lowest BCUT2D eigenvalue weighted by Gasteiger charge is -2.26. The molecule has 2 aliphatic heterocycles. The number of nitrogens with zero attached hydrogens (tertiary/aromatic N) is 2. The van der Waals surface area contributed by atoms with Gasteiger partial charge in [-0.05, 0) is 85.2 Å². The number of carbonyl (C=O) groups excluding carboxylic acids is 1. The van der Waals surface area contributed by atoms with Crippen LogP contribution in [0, 0.1) is 12.8 Å². The monoisotopic (exact) mass is 486 g/mol. The minimum Gasteiger partial charge on any atom is -0.330 e. The fraction of sp³-hybridized carbons (Fsp3) is 0.516. The summed E-state index contributed by atoms with van der Waals surface area (Å²) < 4.78 is 0. The maximum absolute atomic E-state index is 13.7. The van der Waals surface area contributed by atoms with E-state index in [4.69, 9.17) is 5.84 Å². The molecule has 5 rings (SSSR count). The number of fused-ring (bicyclic) bond motifs is 1. The number of aryl methyl sites for hydroxylation is 1. The van der Waals surface area contributed by atoms with Gasteiger partial charge < -0.3 is 10.3 Å². The Kier molecular flexibility index (Phi) is 7.78. The van der Waals surface area contributed by atoms with E-state index in [1.54, 1.807) is 0 Å². The Hall–Kier alpha value is -2.63. The molecule has 1 saturated heterocycles. The normalized spacial score (nSPS) is 18.8. The summed E-state index contributed by atoms with van der Waals surface area (Å²) in [5, 5.41) is 0. The Morgan fingerprint density at radius 3 is 2.44 bits per heavy atom. The molecule has 36 heavy (non-hydrogen) atoms. The first-order chi connectivity index (χ1) is 17.5. The number of hydrogen-bond donors (Lipinski definition) is 2. The molecule has 1 aliphatic carbocycles. The van der Waals surface area contributed by atoms with Crippen molar-refractivity contribution in [3.05, 3.63) is 70.3 Å². The van der Waals surface area contributed by atoms with Crippen LogP contribution in [0.3, 0.4) is 0 Å². The molecule has 2 heterocycles. The number of rotatable bonds is 7. The summed E-state index contributed by atoms with van der Waals surface area (Å²) in [7, 11) is 0. The number of nitrogens with two attached hydrogens (primary N) is 1. The highest BCUT2D eigenvalue weighted by Gasteiger charge is 2.27. The number of hydrazine groups is 1. The van der Waals surface area contributed by atoms with E-state index in [0.717, 1.165) is 40.9 Å². The van der Waals surface area contributed by atoms with Gasteiger partial charge in [-0.25, -0.2) is 0 Å². The Morgan fingerprint density at radius 2 is 1.69 bits per heavy atom. The number of benzene rings is 2. The van der Waals surface area contributed by atoms with Crippen molar-refractivity contribution in [2.75, 3.05) is 18.5 Å². The zero-order valence-electron chi connectivity index (χ0n) is 22.0. The van der Waals surface area contributed by atoms with E-state index in [-0.39, 0.29) is 5.91 Å². The van der Waals surface area contributed by atoms with Crippen molar-refractivity contribution >= 4 is 17.2 Å². The third kappa shape index (κ3) is 5.52. The predicted molar refractivity (Wildman–Crippen MR) is 148 cm³/mol. The SMILES string of the molecule is C=C(CC1CCCCC1)c1cc(C(=O)N2Cc3ccc(CN4CCCCC4)cc3C2)c(C)cc1NN. The van der Waals surface area contributed by atoms with E-state index in [1.165, 1.54) is 81.1 Å². The second-order valence-corrected chi connectivity index (χ2v) is 11.3. The molecule has 1 saturated carbocycles. The minimum atomic E-state index is 0.0940. The minimum absolute atomic E-state index is 0.0940. The molecule has 5 heteroatoms. The molecular formula is C31H42N4O. The Bertz CT molecular complexity index is 1110. The third-order valence-corrected chi connectivity index (χ3v) is 8.53. The number of anilines is 1. The topological polar surface area (TPSA) is 61.6 Å². The van der Waals surface area contributed by atoms with E-state index in [9.17, 15) is 4.79 Å². The van der Waals surface area contributed by atoms with Crippen LogP contribution in [0.15, 0.2) is 36.9 Å². The summed E-state index contributed by atoms with van der Waals surface area (Å²) >= 11 is 0. The van der Waals surface area contributed by atoms with Crippen LogP contribution in [0.1, 0.15) is 96.0 Å². The lowest BCUT2D eigenvalue weighted by atomic mass is 9.83. The van der Waals surface area contributed by atoms with Crippen LogP contribution in [0.4, 0.5) is 5.69 Å². The average Bonchev–Trinajstić information content (AvgIpc) is 3.33. The molecule has 1 amide bonds. The maximum atomic E-state index is 13.7. The highest BCUT2D eigenvalue weighted by Crippen LogP contribution is 2.36. The summed E-state index contributed by atoms with van der Waals surface area (Å²) in [5.41, 5.74) is 11.4. The molecule has 0 bridgehead atoms. The smallest absolute Gasteiger partial charge is 0.254 e. The molecule has 3 aliphatic rings. The van der Waals surface area contributed by atoms with E-state index in [2.05, 4.69) is 35.1 Å². The first-order valence-corrected chi connectivity index (χ1v) is 13.9. The zero-order chi connectivity index (χ0) is 25.1. The van der Waals surface area contributed by atoms with Crippen molar-refractivity contribution in [3.63, 3.8) is 0 Å². The highest BCUT2D eigenvalue weighted by molar-refractivity contribution is 5.98. The molecule has 0 spiro atoms. The van der Waals surface area contributed by atoms with Crippen LogP contribution in [0.25, 0.3) is 5.57 Å². The van der Waals surface area contributed by atoms with Crippen LogP contribution < -0.4 is 11.3 Å². The van der Waals surface area contributed by atoms with Gasteiger partial charge in [0.25, 0.3) is 5.91 Å². The van der Waals surface area contributed by atoms with Crippen LogP contribution in [0.2, 0.25) is 0 Å². The zero-order valence-corrected chi connectivity index (χ0v) is 22.0. The van der Waals surface area contributed by atoms with Gasteiger partial charge in [-0.15, -0.1) is 0 Å². The van der Waals surface area contributed by atoms with Crippen molar-refractivity contribution in [2.24, 2.45) is 11.8 Å². The Balaban J connectivity index is 1.31. The second kappa shape index (κ2) is 11.2. The molecule has 0 unspecified atom stereocenters. The maximum Gasteiger partial charge on any atom is 0.254 e. The summed E-state index contributed by atoms with van der Waals surface area (Å²) in [6.07, 6.45) is 11.5. The van der Waals surface area contributed by atoms with Crippen molar-refractivity contribution in [1.29, 1.82) is 0 Å². The molecule has 2 aromatic rings. The molecule has 0 aromatic heterocycles. The van der Waals surface area contributed by atoms with Gasteiger partial charge in [0.15, 0.2) is 0 Å². The number of carbonyl (C=O) groups is 1. The van der Waals surface area contributed by atoms with Crippen molar-refractivity contribution in [2.45, 2.75) is 84.3 Å². The average molecular weight is 487 g/mol. The van der Waals surface area contributed by atoms with Gasteiger partial charge in [-0.1, -0.05) is 63.3 Å². The van der Waals surface area contributed by atoms with Crippen LogP contribution >= 0.6 is 0 Å². The first-order valence-electron chi connectivity index (χ1n) is 13.9. The van der Waals surface area contributed by atoms with E-state index >= 15 is 0 Å². The van der Waals surface area contributed by atoms with Gasteiger partial charge in [0.2, 0.25) is 0 Å². The quantitative estimate of drug-likeness (QED) is 0.351. The second-order valence-electron chi connectivity index (χ2n) is 11.3. The molecule has 2 aromatic carbocycles. The van der Waals surface area contributed by atoms with Gasteiger partial charge in [-0.2, -0.15) is 0 Å². The number of likely N-dealkylation sites (tertiary alicyclic amines) is 1. The fourth-order valence-electron chi connectivity index (χ4n) is 6.44. The summed E-state index contributed by atoms with van der Waals surface area (Å²) in [6.45, 7) is 11.2. The molecule has 3 N–H and O–H groups in total. The number of amides is 1. The predicted octanol–water partition coefficient (Wildman–Crippen LogP) is 6.41. The number of nitrogen functional groups attached to an aromatic ring is 1. The first kappa shape index (κ1) is 25.0. The Morgan fingerprint density at radius 1 is 0.972 bits per heavy atom. The van der Waals surface area contributed by atoms with Gasteiger partial charge in [0.05, 0.1) is 5.69 Å². The molecule has 5 nitrogen and oxygen atoms in total.